The number of hydrogen-bond donors (Lipinski definition) is 0. The van der Waals surface area contributed by atoms with E-state index in [2.05, 4.69) is 77.9 Å². The summed E-state index contributed by atoms with van der Waals surface area (Å²) in [4.78, 5) is 8.87. The maximum absolute atomic E-state index is 4.48. The normalized spacial score (nSPS) is 15.5. The number of fused-ring (bicyclic) bond motifs is 2. The van der Waals surface area contributed by atoms with Crippen LogP contribution in [0.4, 0.5) is 5.69 Å². The molecule has 3 aromatic rings. The minimum atomic E-state index is -0.0158. The molecule has 1 aliphatic rings. The van der Waals surface area contributed by atoms with Crippen LogP contribution in [0.2, 0.25) is 0 Å². The number of para-hydroxylation sites is 2. The van der Waals surface area contributed by atoms with E-state index in [1.807, 2.05) is 12.1 Å². The third-order valence-electron chi connectivity index (χ3n) is 4.89. The summed E-state index contributed by atoms with van der Waals surface area (Å²) >= 11 is 0. The predicted octanol–water partition coefficient (Wildman–Crippen LogP) is 1.35. The lowest BCUT2D eigenvalue weighted by atomic mass is 9.81. The molecule has 0 saturated heterocycles. The van der Waals surface area contributed by atoms with E-state index in [4.69, 9.17) is 0 Å². The van der Waals surface area contributed by atoms with Crippen molar-refractivity contribution in [2.75, 3.05) is 7.05 Å². The lowest BCUT2D eigenvalue weighted by Crippen LogP contribution is -3.00. The average molecular weight is 441 g/mol. The highest BCUT2D eigenvalue weighted by molar-refractivity contribution is 6.06. The third kappa shape index (κ3) is 2.88. The maximum Gasteiger partial charge on any atom is 0.209 e. The highest BCUT2D eigenvalue weighted by Crippen LogP contribution is 2.39. The molecule has 1 aliphatic heterocycles. The summed E-state index contributed by atoms with van der Waals surface area (Å²) in [6.45, 7) is 4.55. The van der Waals surface area contributed by atoms with Crippen LogP contribution in [0.5, 0.6) is 0 Å². The molecule has 0 unspecified atom stereocenters. The predicted molar refractivity (Wildman–Crippen MR) is 98.9 cm³/mol. The first-order chi connectivity index (χ1) is 11.6. The number of aromatic nitrogens is 2. The molecule has 126 valence electrons. The van der Waals surface area contributed by atoms with E-state index >= 15 is 0 Å². The van der Waals surface area contributed by atoms with Crippen LogP contribution in [-0.4, -0.2) is 27.3 Å². The number of hydrogen-bond acceptors (Lipinski definition) is 2. The van der Waals surface area contributed by atoms with Crippen LogP contribution < -0.4 is 24.0 Å². The zero-order valence-electron chi connectivity index (χ0n) is 14.6. The van der Waals surface area contributed by atoms with Crippen LogP contribution in [0.25, 0.3) is 17.1 Å². The Balaban J connectivity index is 0.00000182. The van der Waals surface area contributed by atoms with Gasteiger partial charge in [0.2, 0.25) is 5.69 Å². The molecule has 2 heterocycles. The number of nitrogens with zero attached hydrogens (tertiary/aromatic N) is 3. The van der Waals surface area contributed by atoms with Gasteiger partial charge >= 0.3 is 0 Å². The summed E-state index contributed by atoms with van der Waals surface area (Å²) in [5.74, 6) is 0. The van der Waals surface area contributed by atoms with Gasteiger partial charge in [-0.1, -0.05) is 30.3 Å². The van der Waals surface area contributed by atoms with Gasteiger partial charge in [-0.2, -0.15) is 4.58 Å². The molecule has 0 aliphatic carbocycles. The highest BCUT2D eigenvalue weighted by atomic mass is 127. The van der Waals surface area contributed by atoms with Crippen LogP contribution >= 0.6 is 0 Å². The maximum atomic E-state index is 4.48. The van der Waals surface area contributed by atoms with Crippen molar-refractivity contribution < 1.29 is 28.6 Å². The molecular formula is C21H20IN3. The van der Waals surface area contributed by atoms with E-state index in [0.717, 1.165) is 16.6 Å². The fourth-order valence-electron chi connectivity index (χ4n) is 3.62. The summed E-state index contributed by atoms with van der Waals surface area (Å²) in [6.07, 6.45) is 7.84. The van der Waals surface area contributed by atoms with Gasteiger partial charge in [0.25, 0.3) is 0 Å². The fraction of sp³-hybridized carbons (Fsp3) is 0.190. The first-order valence-corrected chi connectivity index (χ1v) is 8.17. The smallest absolute Gasteiger partial charge is 0.209 e. The Morgan fingerprint density at radius 2 is 1.68 bits per heavy atom. The quantitative estimate of drug-likeness (QED) is 0.444. The molecule has 3 nitrogen and oxygen atoms in total. The second kappa shape index (κ2) is 6.67. The number of allylic oxidation sites excluding steroid dienone is 1. The Hall–Kier alpha value is -2.08. The van der Waals surface area contributed by atoms with Gasteiger partial charge in [-0.25, -0.2) is 0 Å². The zero-order valence-corrected chi connectivity index (χ0v) is 16.7. The van der Waals surface area contributed by atoms with Gasteiger partial charge in [0.05, 0.1) is 16.4 Å². The molecule has 0 bridgehead atoms. The van der Waals surface area contributed by atoms with Gasteiger partial charge in [-0.15, -0.1) is 0 Å². The fourth-order valence-corrected chi connectivity index (χ4v) is 3.62. The standard InChI is InChI=1S/C21H20N3.HI/c1-21(2)16-8-4-5-10-18(16)24(3)19(21)12-11-15-7-6-9-17-20(15)23-14-13-22-17;/h4-14H,1-3H3;1H/q+1;/p-1. The molecule has 4 heteroatoms. The Morgan fingerprint density at radius 3 is 2.48 bits per heavy atom. The van der Waals surface area contributed by atoms with Gasteiger partial charge in [0, 0.05) is 35.7 Å². The lowest BCUT2D eigenvalue weighted by Gasteiger charge is -2.15. The van der Waals surface area contributed by atoms with E-state index in [1.165, 1.54) is 17.0 Å². The van der Waals surface area contributed by atoms with Crippen molar-refractivity contribution in [3.05, 3.63) is 72.1 Å². The van der Waals surface area contributed by atoms with Crippen molar-refractivity contribution in [2.45, 2.75) is 19.3 Å². The average Bonchev–Trinajstić information content (AvgIpc) is 2.80. The number of benzene rings is 2. The van der Waals surface area contributed by atoms with Crippen LogP contribution in [0.15, 0.2) is 60.9 Å². The van der Waals surface area contributed by atoms with Gasteiger partial charge in [0.15, 0.2) is 5.71 Å². The topological polar surface area (TPSA) is 28.8 Å². The monoisotopic (exact) mass is 441 g/mol. The highest BCUT2D eigenvalue weighted by Gasteiger charge is 2.42. The minimum Gasteiger partial charge on any atom is -1.00 e. The van der Waals surface area contributed by atoms with Crippen molar-refractivity contribution >= 4 is 28.5 Å². The SMILES string of the molecule is C[N+]1=C(/C=C/c2cccc3nccnc23)C(C)(C)c2ccccc21.[I-]. The van der Waals surface area contributed by atoms with E-state index in [9.17, 15) is 0 Å². The minimum absolute atomic E-state index is 0. The lowest BCUT2D eigenvalue weighted by molar-refractivity contribution is -0.401. The van der Waals surface area contributed by atoms with Gasteiger partial charge in [-0.05, 0) is 26.0 Å². The summed E-state index contributed by atoms with van der Waals surface area (Å²) in [7, 11) is 2.14. The summed E-state index contributed by atoms with van der Waals surface area (Å²) in [6, 6.07) is 14.7. The van der Waals surface area contributed by atoms with Gasteiger partial charge < -0.3 is 24.0 Å². The Morgan fingerprint density at radius 1 is 0.920 bits per heavy atom. The Labute approximate surface area is 165 Å². The van der Waals surface area contributed by atoms with E-state index in [1.54, 1.807) is 12.4 Å². The molecule has 1 aromatic heterocycles. The molecule has 25 heavy (non-hydrogen) atoms. The summed E-state index contributed by atoms with van der Waals surface area (Å²) in [5, 5.41) is 0. The summed E-state index contributed by atoms with van der Waals surface area (Å²) < 4.78 is 2.28. The van der Waals surface area contributed by atoms with Gasteiger partial charge in [-0.3, -0.25) is 9.97 Å². The number of halogens is 1. The van der Waals surface area contributed by atoms with Crippen molar-refractivity contribution in [1.82, 2.24) is 9.97 Å². The van der Waals surface area contributed by atoms with E-state index in [-0.39, 0.29) is 29.4 Å². The number of rotatable bonds is 2. The van der Waals surface area contributed by atoms with Gasteiger partial charge in [0.1, 0.15) is 7.05 Å². The largest absolute Gasteiger partial charge is 1.00 e. The van der Waals surface area contributed by atoms with E-state index < -0.39 is 0 Å². The Kier molecular flexibility index (Phi) is 4.73. The molecule has 0 spiro atoms. The molecule has 0 fully saturated rings. The van der Waals surface area contributed by atoms with E-state index in [0.29, 0.717) is 0 Å². The second-order valence-electron chi connectivity index (χ2n) is 6.69. The van der Waals surface area contributed by atoms with Crippen LogP contribution in [0, 0.1) is 0 Å². The molecule has 0 amide bonds. The molecule has 2 aromatic carbocycles. The van der Waals surface area contributed by atoms with Crippen LogP contribution in [-0.2, 0) is 5.41 Å². The van der Waals surface area contributed by atoms with Crippen molar-refractivity contribution in [1.29, 1.82) is 0 Å². The first kappa shape index (κ1) is 17.7. The molecule has 0 N–H and O–H groups in total. The Bertz CT molecular complexity index is 997. The summed E-state index contributed by atoms with van der Waals surface area (Å²) in [5.41, 5.74) is 6.86. The van der Waals surface area contributed by atoms with Crippen molar-refractivity contribution in [3.63, 3.8) is 0 Å². The molecule has 0 saturated carbocycles. The zero-order chi connectivity index (χ0) is 16.7. The molecule has 0 atom stereocenters. The van der Waals surface area contributed by atoms with Crippen LogP contribution in [0.3, 0.4) is 0 Å². The molecular weight excluding hydrogens is 421 g/mol. The molecule has 0 radical (unpaired) electrons. The first-order valence-electron chi connectivity index (χ1n) is 8.17. The molecule has 4 rings (SSSR count). The van der Waals surface area contributed by atoms with Crippen LogP contribution in [0.1, 0.15) is 25.0 Å². The second-order valence-corrected chi connectivity index (χ2v) is 6.69. The third-order valence-corrected chi connectivity index (χ3v) is 4.89. The van der Waals surface area contributed by atoms with Crippen molar-refractivity contribution in [3.8, 4) is 0 Å². The van der Waals surface area contributed by atoms with Crippen molar-refractivity contribution in [2.24, 2.45) is 0 Å².